The van der Waals surface area contributed by atoms with Crippen molar-refractivity contribution < 1.29 is 0 Å². The van der Waals surface area contributed by atoms with Crippen molar-refractivity contribution in [3.05, 3.63) is 44.2 Å². The lowest BCUT2D eigenvalue weighted by molar-refractivity contribution is 0.748. The van der Waals surface area contributed by atoms with Crippen LogP contribution in [0.4, 0.5) is 0 Å². The van der Waals surface area contributed by atoms with Crippen molar-refractivity contribution in [3.8, 4) is 10.6 Å². The molecular formula is C17H18BrClN2S. The average molecular weight is 398 g/mol. The van der Waals surface area contributed by atoms with E-state index in [0.717, 1.165) is 40.1 Å². The van der Waals surface area contributed by atoms with Gasteiger partial charge in [-0.2, -0.15) is 0 Å². The van der Waals surface area contributed by atoms with Crippen molar-refractivity contribution in [3.63, 3.8) is 0 Å². The molecule has 0 saturated carbocycles. The molecule has 116 valence electrons. The monoisotopic (exact) mass is 396 g/mol. The molecule has 0 aliphatic heterocycles. The Kier molecular flexibility index (Phi) is 4.93. The van der Waals surface area contributed by atoms with Gasteiger partial charge in [-0.1, -0.05) is 17.7 Å². The first-order valence-corrected chi connectivity index (χ1v) is 9.36. The smallest absolute Gasteiger partial charge is 0.0705 e. The number of aromatic amines is 1. The number of rotatable bonds is 5. The number of fused-ring (bicyclic) bond motifs is 1. The summed E-state index contributed by atoms with van der Waals surface area (Å²) in [7, 11) is 0. The van der Waals surface area contributed by atoms with Crippen LogP contribution in [-0.4, -0.2) is 11.5 Å². The van der Waals surface area contributed by atoms with Crippen LogP contribution in [-0.2, 0) is 6.42 Å². The minimum absolute atomic E-state index is 0.731. The van der Waals surface area contributed by atoms with E-state index in [9.17, 15) is 0 Å². The summed E-state index contributed by atoms with van der Waals surface area (Å²) in [6.07, 6.45) is 3.10. The Morgan fingerprint density at radius 3 is 2.73 bits per heavy atom. The topological polar surface area (TPSA) is 41.8 Å². The van der Waals surface area contributed by atoms with E-state index in [0.29, 0.717) is 0 Å². The highest BCUT2D eigenvalue weighted by molar-refractivity contribution is 9.11. The number of hydrogen-bond donors (Lipinski definition) is 2. The van der Waals surface area contributed by atoms with E-state index in [-0.39, 0.29) is 0 Å². The third kappa shape index (κ3) is 2.98. The van der Waals surface area contributed by atoms with E-state index in [1.54, 1.807) is 11.3 Å². The number of benzene rings is 1. The quantitative estimate of drug-likeness (QED) is 0.517. The van der Waals surface area contributed by atoms with Crippen molar-refractivity contribution in [2.24, 2.45) is 5.73 Å². The fraction of sp³-hybridized carbons (Fsp3) is 0.294. The molecule has 0 radical (unpaired) electrons. The number of thiophene rings is 1. The Balaban J connectivity index is 2.19. The fourth-order valence-electron chi connectivity index (χ4n) is 2.82. The predicted octanol–water partition coefficient (Wildman–Crippen LogP) is 5.90. The summed E-state index contributed by atoms with van der Waals surface area (Å²) in [6, 6.07) is 8.30. The van der Waals surface area contributed by atoms with E-state index in [1.165, 1.54) is 27.1 Å². The lowest BCUT2D eigenvalue weighted by atomic mass is 10.0. The summed E-state index contributed by atoms with van der Waals surface area (Å²) in [5.74, 6) is 0. The van der Waals surface area contributed by atoms with Crippen LogP contribution in [0.2, 0.25) is 5.02 Å². The summed E-state index contributed by atoms with van der Waals surface area (Å²) in [5.41, 5.74) is 10.5. The molecule has 5 heteroatoms. The Morgan fingerprint density at radius 2 is 2.05 bits per heavy atom. The Hall–Kier alpha value is -0.810. The van der Waals surface area contributed by atoms with Crippen molar-refractivity contribution in [1.82, 2.24) is 4.98 Å². The van der Waals surface area contributed by atoms with Gasteiger partial charge in [-0.3, -0.25) is 0 Å². The van der Waals surface area contributed by atoms with Gasteiger partial charge in [0, 0.05) is 5.39 Å². The maximum Gasteiger partial charge on any atom is 0.0705 e. The molecule has 0 atom stereocenters. The summed E-state index contributed by atoms with van der Waals surface area (Å²) in [6.45, 7) is 2.85. The first kappa shape index (κ1) is 16.1. The minimum Gasteiger partial charge on any atom is -0.353 e. The van der Waals surface area contributed by atoms with Crippen molar-refractivity contribution in [1.29, 1.82) is 0 Å². The fourth-order valence-corrected chi connectivity index (χ4v) is 4.50. The number of hydrogen-bond acceptors (Lipinski definition) is 2. The molecule has 0 unspecified atom stereocenters. The summed E-state index contributed by atoms with van der Waals surface area (Å²) in [4.78, 5) is 4.84. The Bertz CT molecular complexity index is 806. The van der Waals surface area contributed by atoms with Gasteiger partial charge in [-0.05, 0) is 78.0 Å². The number of H-pyrrole nitrogens is 1. The second kappa shape index (κ2) is 6.75. The van der Waals surface area contributed by atoms with Crippen LogP contribution in [0.15, 0.2) is 28.1 Å². The van der Waals surface area contributed by atoms with E-state index in [1.807, 2.05) is 6.07 Å². The third-order valence-electron chi connectivity index (χ3n) is 3.92. The third-order valence-corrected chi connectivity index (χ3v) is 5.87. The van der Waals surface area contributed by atoms with Gasteiger partial charge in [0.1, 0.15) is 0 Å². The minimum atomic E-state index is 0.731. The van der Waals surface area contributed by atoms with Gasteiger partial charge < -0.3 is 10.7 Å². The van der Waals surface area contributed by atoms with Crippen LogP contribution in [0.3, 0.4) is 0 Å². The number of aryl methyl sites for hydroxylation is 2. The molecule has 0 fully saturated rings. The Labute approximate surface area is 147 Å². The molecule has 0 bridgehead atoms. The largest absolute Gasteiger partial charge is 0.353 e. The second-order valence-corrected chi connectivity index (χ2v) is 8.31. The number of halogens is 2. The SMILES string of the molecule is Cc1ccc(Cl)c2c(CCCCN)c(-c3ccc(Br)s3)[nH]c12. The van der Waals surface area contributed by atoms with Gasteiger partial charge in [0.05, 0.1) is 24.9 Å². The molecule has 1 aromatic carbocycles. The summed E-state index contributed by atoms with van der Waals surface area (Å²) in [5, 5.41) is 1.99. The normalized spacial score (nSPS) is 11.5. The van der Waals surface area contributed by atoms with Crippen molar-refractivity contribution in [2.45, 2.75) is 26.2 Å². The molecule has 3 rings (SSSR count). The standard InChI is InChI=1S/C17H18BrClN2S/c1-10-5-6-12(19)15-11(4-2-3-9-20)17(21-16(10)15)13-7-8-14(18)22-13/h5-8,21H,2-4,9,20H2,1H3. The molecule has 3 N–H and O–H groups in total. The van der Waals surface area contributed by atoms with Crippen LogP contribution in [0.5, 0.6) is 0 Å². The molecule has 0 saturated heterocycles. The van der Waals surface area contributed by atoms with Crippen molar-refractivity contribution >= 4 is 49.8 Å². The van der Waals surface area contributed by atoms with Crippen LogP contribution in [0, 0.1) is 6.92 Å². The van der Waals surface area contributed by atoms with Gasteiger partial charge in [-0.25, -0.2) is 0 Å². The molecule has 2 aromatic heterocycles. The Morgan fingerprint density at radius 1 is 1.23 bits per heavy atom. The highest BCUT2D eigenvalue weighted by atomic mass is 79.9. The first-order valence-electron chi connectivity index (χ1n) is 7.37. The van der Waals surface area contributed by atoms with E-state index < -0.39 is 0 Å². The van der Waals surface area contributed by atoms with Gasteiger partial charge in [0.25, 0.3) is 0 Å². The van der Waals surface area contributed by atoms with E-state index in [4.69, 9.17) is 17.3 Å². The number of nitrogens with two attached hydrogens (primary N) is 1. The summed E-state index contributed by atoms with van der Waals surface area (Å²) < 4.78 is 1.14. The zero-order chi connectivity index (χ0) is 15.7. The average Bonchev–Trinajstić information content (AvgIpc) is 3.08. The van der Waals surface area contributed by atoms with Crippen molar-refractivity contribution in [2.75, 3.05) is 6.54 Å². The predicted molar refractivity (Wildman–Crippen MR) is 101 cm³/mol. The molecule has 2 nitrogen and oxygen atoms in total. The molecule has 22 heavy (non-hydrogen) atoms. The maximum atomic E-state index is 6.50. The number of nitrogens with one attached hydrogen (secondary N) is 1. The molecule has 3 aromatic rings. The number of unbranched alkanes of at least 4 members (excludes halogenated alkanes) is 1. The number of aromatic nitrogens is 1. The van der Waals surface area contributed by atoms with Crippen LogP contribution >= 0.6 is 38.9 Å². The second-order valence-electron chi connectivity index (χ2n) is 5.44. The highest BCUT2D eigenvalue weighted by Gasteiger charge is 2.17. The lowest BCUT2D eigenvalue weighted by Crippen LogP contribution is -1.99. The zero-order valence-electron chi connectivity index (χ0n) is 12.4. The molecule has 0 amide bonds. The van der Waals surface area contributed by atoms with Crippen LogP contribution < -0.4 is 5.73 Å². The lowest BCUT2D eigenvalue weighted by Gasteiger charge is -2.04. The van der Waals surface area contributed by atoms with Gasteiger partial charge in [0.2, 0.25) is 0 Å². The molecule has 0 aliphatic rings. The van der Waals surface area contributed by atoms with Gasteiger partial charge in [0.15, 0.2) is 0 Å². The van der Waals surface area contributed by atoms with Gasteiger partial charge >= 0.3 is 0 Å². The maximum absolute atomic E-state index is 6.50. The van der Waals surface area contributed by atoms with Crippen LogP contribution in [0.1, 0.15) is 24.0 Å². The molecular weight excluding hydrogens is 380 g/mol. The molecule has 0 spiro atoms. The van der Waals surface area contributed by atoms with E-state index >= 15 is 0 Å². The summed E-state index contributed by atoms with van der Waals surface area (Å²) >= 11 is 11.8. The van der Waals surface area contributed by atoms with Crippen LogP contribution in [0.25, 0.3) is 21.5 Å². The van der Waals surface area contributed by atoms with Gasteiger partial charge in [-0.15, -0.1) is 11.3 Å². The molecule has 2 heterocycles. The zero-order valence-corrected chi connectivity index (χ0v) is 15.5. The van der Waals surface area contributed by atoms with E-state index in [2.05, 4.69) is 46.0 Å². The highest BCUT2D eigenvalue weighted by Crippen LogP contribution is 2.40. The molecule has 0 aliphatic carbocycles. The first-order chi connectivity index (χ1) is 10.6.